The van der Waals surface area contributed by atoms with Crippen LogP contribution in [0.3, 0.4) is 0 Å². The highest BCUT2D eigenvalue weighted by Crippen LogP contribution is 2.10. The molecule has 24 heavy (non-hydrogen) atoms. The number of benzene rings is 1. The smallest absolute Gasteiger partial charge is 0.407 e. The quantitative estimate of drug-likeness (QED) is 0.716. The molecular weight excluding hydrogens is 308 g/mol. The van der Waals surface area contributed by atoms with Crippen LogP contribution in [-0.4, -0.2) is 37.3 Å². The van der Waals surface area contributed by atoms with Gasteiger partial charge in [0, 0.05) is 13.0 Å². The fourth-order valence-electron chi connectivity index (χ4n) is 1.84. The lowest BCUT2D eigenvalue weighted by molar-refractivity contribution is -0.121. The van der Waals surface area contributed by atoms with Crippen LogP contribution < -0.4 is 15.4 Å². The number of hydrogen-bond acceptors (Lipinski definition) is 4. The molecule has 0 saturated carbocycles. The van der Waals surface area contributed by atoms with Crippen LogP contribution in [0, 0.1) is 6.92 Å². The van der Waals surface area contributed by atoms with Gasteiger partial charge in [-0.05, 0) is 46.2 Å². The van der Waals surface area contributed by atoms with Crippen molar-refractivity contribution in [3.8, 4) is 5.75 Å². The van der Waals surface area contributed by atoms with Crippen molar-refractivity contribution >= 4 is 12.0 Å². The van der Waals surface area contributed by atoms with Crippen LogP contribution in [0.15, 0.2) is 24.3 Å². The van der Waals surface area contributed by atoms with Gasteiger partial charge in [-0.2, -0.15) is 0 Å². The third-order valence-electron chi connectivity index (χ3n) is 2.96. The number of ether oxygens (including phenoxy) is 2. The number of aryl methyl sites for hydroxylation is 1. The molecule has 1 aromatic rings. The Hall–Kier alpha value is -2.24. The van der Waals surface area contributed by atoms with E-state index >= 15 is 0 Å². The van der Waals surface area contributed by atoms with Crippen LogP contribution in [0.2, 0.25) is 0 Å². The first-order chi connectivity index (χ1) is 11.3. The van der Waals surface area contributed by atoms with E-state index in [2.05, 4.69) is 10.6 Å². The molecule has 1 aromatic carbocycles. The van der Waals surface area contributed by atoms with Crippen LogP contribution >= 0.6 is 0 Å². The molecule has 0 fully saturated rings. The Morgan fingerprint density at radius 2 is 1.71 bits per heavy atom. The number of hydrogen-bond donors (Lipinski definition) is 2. The standard InChI is InChI=1S/C18H28N2O4/c1-14-7-9-15(10-8-14)23-13-12-19-16(21)6-5-11-20-17(22)24-18(2,3)4/h7-10H,5-6,11-13H2,1-4H3,(H,19,21)(H,20,22). The molecule has 6 heteroatoms. The monoisotopic (exact) mass is 336 g/mol. The summed E-state index contributed by atoms with van der Waals surface area (Å²) in [4.78, 5) is 23.1. The first kappa shape index (κ1) is 19.8. The molecular formula is C18H28N2O4. The number of alkyl carbamates (subject to hydrolysis) is 1. The molecule has 0 saturated heterocycles. The second-order valence-electron chi connectivity index (χ2n) is 6.54. The van der Waals surface area contributed by atoms with E-state index in [0.717, 1.165) is 5.75 Å². The van der Waals surface area contributed by atoms with Crippen molar-refractivity contribution in [2.24, 2.45) is 0 Å². The van der Waals surface area contributed by atoms with Crippen LogP contribution in [0.25, 0.3) is 0 Å². The van der Waals surface area contributed by atoms with Crippen LogP contribution in [0.1, 0.15) is 39.2 Å². The van der Waals surface area contributed by atoms with Crippen molar-refractivity contribution in [3.63, 3.8) is 0 Å². The van der Waals surface area contributed by atoms with Crippen molar-refractivity contribution in [2.75, 3.05) is 19.7 Å². The first-order valence-electron chi connectivity index (χ1n) is 8.19. The van der Waals surface area contributed by atoms with E-state index in [-0.39, 0.29) is 5.91 Å². The molecule has 134 valence electrons. The number of amides is 2. The second kappa shape index (κ2) is 9.80. The van der Waals surface area contributed by atoms with Gasteiger partial charge in [-0.15, -0.1) is 0 Å². The number of carbonyl (C=O) groups is 2. The van der Waals surface area contributed by atoms with Gasteiger partial charge in [0.05, 0.1) is 6.54 Å². The maximum atomic E-state index is 11.7. The van der Waals surface area contributed by atoms with Crippen molar-refractivity contribution in [1.82, 2.24) is 10.6 Å². The van der Waals surface area contributed by atoms with Gasteiger partial charge in [0.1, 0.15) is 18.0 Å². The number of carbonyl (C=O) groups excluding carboxylic acids is 2. The van der Waals surface area contributed by atoms with Gasteiger partial charge in [0.25, 0.3) is 0 Å². The topological polar surface area (TPSA) is 76.7 Å². The molecule has 0 aliphatic heterocycles. The molecule has 0 spiro atoms. The van der Waals surface area contributed by atoms with Crippen LogP contribution in [-0.2, 0) is 9.53 Å². The van der Waals surface area contributed by atoms with Gasteiger partial charge in [0.2, 0.25) is 5.91 Å². The highest BCUT2D eigenvalue weighted by atomic mass is 16.6. The third-order valence-corrected chi connectivity index (χ3v) is 2.96. The molecule has 2 N–H and O–H groups in total. The highest BCUT2D eigenvalue weighted by molar-refractivity contribution is 5.75. The molecule has 0 unspecified atom stereocenters. The maximum absolute atomic E-state index is 11.7. The van der Waals surface area contributed by atoms with Crippen molar-refractivity contribution in [2.45, 2.75) is 46.1 Å². The van der Waals surface area contributed by atoms with E-state index in [1.165, 1.54) is 5.56 Å². The van der Waals surface area contributed by atoms with Gasteiger partial charge < -0.3 is 20.1 Å². The molecule has 6 nitrogen and oxygen atoms in total. The lowest BCUT2D eigenvalue weighted by atomic mass is 10.2. The van der Waals surface area contributed by atoms with Crippen LogP contribution in [0.4, 0.5) is 4.79 Å². The predicted molar refractivity (Wildman–Crippen MR) is 93.2 cm³/mol. The minimum Gasteiger partial charge on any atom is -0.492 e. The average molecular weight is 336 g/mol. The molecule has 0 bridgehead atoms. The molecule has 0 aromatic heterocycles. The number of rotatable bonds is 8. The fraction of sp³-hybridized carbons (Fsp3) is 0.556. The summed E-state index contributed by atoms with van der Waals surface area (Å²) in [5.41, 5.74) is 0.662. The van der Waals surface area contributed by atoms with Gasteiger partial charge in [-0.3, -0.25) is 4.79 Å². The minimum atomic E-state index is -0.515. The number of nitrogens with one attached hydrogen (secondary N) is 2. The van der Waals surface area contributed by atoms with Gasteiger partial charge in [-0.25, -0.2) is 4.79 Å². The lowest BCUT2D eigenvalue weighted by Gasteiger charge is -2.19. The second-order valence-corrected chi connectivity index (χ2v) is 6.54. The Kier molecular flexibility index (Phi) is 8.09. The lowest BCUT2D eigenvalue weighted by Crippen LogP contribution is -2.33. The Bertz CT molecular complexity index is 521. The SMILES string of the molecule is Cc1ccc(OCCNC(=O)CCCNC(=O)OC(C)(C)C)cc1. The fourth-order valence-corrected chi connectivity index (χ4v) is 1.84. The van der Waals surface area contributed by atoms with E-state index in [0.29, 0.717) is 32.5 Å². The van der Waals surface area contributed by atoms with E-state index < -0.39 is 11.7 Å². The third kappa shape index (κ3) is 9.71. The largest absolute Gasteiger partial charge is 0.492 e. The zero-order valence-electron chi connectivity index (χ0n) is 15.0. The molecule has 0 aliphatic rings. The summed E-state index contributed by atoms with van der Waals surface area (Å²) in [6.07, 6.45) is 0.443. The van der Waals surface area contributed by atoms with Gasteiger partial charge in [-0.1, -0.05) is 17.7 Å². The molecule has 0 aliphatic carbocycles. The van der Waals surface area contributed by atoms with Crippen molar-refractivity contribution in [1.29, 1.82) is 0 Å². The van der Waals surface area contributed by atoms with E-state index in [4.69, 9.17) is 9.47 Å². The molecule has 1 rings (SSSR count). The van der Waals surface area contributed by atoms with Gasteiger partial charge >= 0.3 is 6.09 Å². The summed E-state index contributed by atoms with van der Waals surface area (Å²) in [6, 6.07) is 7.76. The van der Waals surface area contributed by atoms with E-state index in [9.17, 15) is 9.59 Å². The average Bonchev–Trinajstić information content (AvgIpc) is 2.48. The maximum Gasteiger partial charge on any atom is 0.407 e. The summed E-state index contributed by atoms with van der Waals surface area (Å²) in [5, 5.41) is 5.40. The Morgan fingerprint density at radius 1 is 1.04 bits per heavy atom. The molecule has 2 amide bonds. The van der Waals surface area contributed by atoms with Crippen LogP contribution in [0.5, 0.6) is 5.75 Å². The van der Waals surface area contributed by atoms with E-state index in [1.54, 1.807) is 20.8 Å². The minimum absolute atomic E-state index is 0.0616. The predicted octanol–water partition coefficient (Wildman–Crippen LogP) is 2.79. The van der Waals surface area contributed by atoms with Crippen molar-refractivity contribution in [3.05, 3.63) is 29.8 Å². The summed E-state index contributed by atoms with van der Waals surface area (Å²) in [5.74, 6) is 0.727. The normalized spacial score (nSPS) is 10.8. The Labute approximate surface area is 143 Å². The zero-order chi connectivity index (χ0) is 18.0. The highest BCUT2D eigenvalue weighted by Gasteiger charge is 2.15. The Balaban J connectivity index is 2.04. The summed E-state index contributed by atoms with van der Waals surface area (Å²) >= 11 is 0. The molecule has 0 radical (unpaired) electrons. The summed E-state index contributed by atoms with van der Waals surface area (Å²) < 4.78 is 10.6. The summed E-state index contributed by atoms with van der Waals surface area (Å²) in [7, 11) is 0. The summed E-state index contributed by atoms with van der Waals surface area (Å²) in [6.45, 7) is 8.71. The first-order valence-corrected chi connectivity index (χ1v) is 8.19. The van der Waals surface area contributed by atoms with Crippen molar-refractivity contribution < 1.29 is 19.1 Å². The molecule has 0 heterocycles. The van der Waals surface area contributed by atoms with Gasteiger partial charge in [0.15, 0.2) is 0 Å². The molecule has 0 atom stereocenters. The Morgan fingerprint density at radius 3 is 2.33 bits per heavy atom. The van der Waals surface area contributed by atoms with E-state index in [1.807, 2.05) is 31.2 Å². The zero-order valence-corrected chi connectivity index (χ0v) is 15.0.